The Morgan fingerprint density at radius 1 is 1.19 bits per heavy atom. The lowest BCUT2D eigenvalue weighted by Gasteiger charge is -2.20. The zero-order chi connectivity index (χ0) is 27.9. The lowest BCUT2D eigenvalue weighted by molar-refractivity contribution is -0.139. The van der Waals surface area contributed by atoms with Crippen molar-refractivity contribution in [2.24, 2.45) is 0 Å². The third-order valence-electron chi connectivity index (χ3n) is 4.95. The first-order valence-corrected chi connectivity index (χ1v) is 10.3. The first-order chi connectivity index (χ1) is 17.1. The monoisotopic (exact) mass is 551 g/mol. The number of aromatic nitrogens is 4. The van der Waals surface area contributed by atoms with Crippen molar-refractivity contribution in [1.29, 1.82) is 5.26 Å². The molecule has 0 bridgehead atoms. The van der Waals surface area contributed by atoms with Crippen molar-refractivity contribution in [1.82, 2.24) is 19.5 Å². The van der Waals surface area contributed by atoms with Crippen LogP contribution in [-0.4, -0.2) is 25.9 Å². The van der Waals surface area contributed by atoms with Gasteiger partial charge in [-0.25, -0.2) is 18.7 Å². The second-order valence-corrected chi connectivity index (χ2v) is 7.92. The van der Waals surface area contributed by atoms with Gasteiger partial charge in [-0.1, -0.05) is 11.6 Å². The van der Waals surface area contributed by atoms with Crippen molar-refractivity contribution < 1.29 is 35.5 Å². The van der Waals surface area contributed by atoms with Crippen LogP contribution in [-0.2, 0) is 18.6 Å². The van der Waals surface area contributed by atoms with Crippen molar-refractivity contribution in [2.45, 2.75) is 38.9 Å². The van der Waals surface area contributed by atoms with Crippen LogP contribution in [0.25, 0.3) is 0 Å². The summed E-state index contributed by atoms with van der Waals surface area (Å²) < 4.78 is 100. The highest BCUT2D eigenvalue weighted by Gasteiger charge is 2.48. The van der Waals surface area contributed by atoms with Gasteiger partial charge in [0, 0.05) is 5.69 Å². The van der Waals surface area contributed by atoms with E-state index in [2.05, 4.69) is 15.0 Å². The average molecular weight is 552 g/mol. The molecule has 0 aliphatic heterocycles. The maximum Gasteiger partial charge on any atom is 0.416 e. The number of nitrogens with one attached hydrogen (secondary N) is 1. The van der Waals surface area contributed by atoms with Crippen LogP contribution >= 0.6 is 11.6 Å². The minimum absolute atomic E-state index is 0.127. The Balaban J connectivity index is 2.27. The second kappa shape index (κ2) is 9.85. The molecule has 0 aliphatic carbocycles. The fraction of sp³-hybridized carbons (Fsp3) is 0.286. The van der Waals surface area contributed by atoms with Gasteiger partial charge >= 0.3 is 18.5 Å². The first kappa shape index (κ1) is 27.7. The summed E-state index contributed by atoms with van der Waals surface area (Å²) in [6, 6.07) is 1.88. The third-order valence-corrected chi connectivity index (χ3v) is 5.34. The van der Waals surface area contributed by atoms with E-state index < -0.39 is 69.5 Å². The molecule has 37 heavy (non-hydrogen) atoms. The topological polar surface area (TPSA) is 114 Å². The number of ether oxygens (including phenoxy) is 1. The van der Waals surface area contributed by atoms with Gasteiger partial charge in [-0.3, -0.25) is 14.2 Å². The van der Waals surface area contributed by atoms with E-state index in [0.29, 0.717) is 17.0 Å². The van der Waals surface area contributed by atoms with Crippen LogP contribution in [0.5, 0.6) is 11.5 Å². The molecule has 8 nitrogen and oxygen atoms in total. The highest BCUT2D eigenvalue weighted by molar-refractivity contribution is 6.33. The highest BCUT2D eigenvalue weighted by atomic mass is 35.5. The Hall–Kier alpha value is -3.93. The van der Waals surface area contributed by atoms with Crippen LogP contribution in [0.2, 0.25) is 5.02 Å². The third kappa shape index (κ3) is 5.43. The molecule has 196 valence electrons. The number of aryl methyl sites for hydroxylation is 2. The van der Waals surface area contributed by atoms with E-state index in [4.69, 9.17) is 21.6 Å². The number of halogens is 8. The van der Waals surface area contributed by atoms with Gasteiger partial charge in [0.05, 0.1) is 29.6 Å². The van der Waals surface area contributed by atoms with Gasteiger partial charge in [-0.05, 0) is 26.0 Å². The van der Waals surface area contributed by atoms with E-state index in [1.54, 1.807) is 0 Å². The van der Waals surface area contributed by atoms with Crippen molar-refractivity contribution in [3.63, 3.8) is 0 Å². The van der Waals surface area contributed by atoms with Gasteiger partial charge in [0.2, 0.25) is 5.75 Å². The molecule has 2 heterocycles. The number of H-pyrrole nitrogens is 1. The van der Waals surface area contributed by atoms with Gasteiger partial charge in [0.25, 0.3) is 11.1 Å². The maximum absolute atomic E-state index is 14.3. The van der Waals surface area contributed by atoms with E-state index in [1.807, 2.05) is 0 Å². The maximum atomic E-state index is 14.3. The molecule has 1 N–H and O–H groups in total. The number of rotatable bonds is 6. The molecular formula is C21H13ClF7N5O3. The summed E-state index contributed by atoms with van der Waals surface area (Å²) in [5, 5.41) is 8.28. The fourth-order valence-corrected chi connectivity index (χ4v) is 3.34. The number of alkyl halides is 7. The number of aromatic amines is 1. The highest BCUT2D eigenvalue weighted by Crippen LogP contribution is 2.42. The van der Waals surface area contributed by atoms with E-state index in [1.165, 1.54) is 19.9 Å². The van der Waals surface area contributed by atoms with Crippen molar-refractivity contribution in [3.05, 3.63) is 78.1 Å². The molecule has 0 saturated heterocycles. The number of hydrogen-bond acceptors (Lipinski definition) is 6. The Kier molecular flexibility index (Phi) is 7.36. The average Bonchev–Trinajstić information content (AvgIpc) is 2.78. The molecule has 0 saturated carbocycles. The van der Waals surface area contributed by atoms with Crippen molar-refractivity contribution >= 4 is 11.6 Å². The van der Waals surface area contributed by atoms with Crippen molar-refractivity contribution in [2.75, 3.05) is 0 Å². The molecule has 0 amide bonds. The van der Waals surface area contributed by atoms with Gasteiger partial charge in [0.15, 0.2) is 5.69 Å². The fourth-order valence-electron chi connectivity index (χ4n) is 3.15. The quantitative estimate of drug-likeness (QED) is 0.445. The van der Waals surface area contributed by atoms with Gasteiger partial charge in [-0.2, -0.15) is 27.2 Å². The van der Waals surface area contributed by atoms with Crippen LogP contribution in [0.3, 0.4) is 0 Å². The normalized spacial score (nSPS) is 12.1. The van der Waals surface area contributed by atoms with Gasteiger partial charge < -0.3 is 9.72 Å². The Morgan fingerprint density at radius 2 is 1.84 bits per heavy atom. The smallest absolute Gasteiger partial charge is 0.416 e. The van der Waals surface area contributed by atoms with E-state index in [0.717, 1.165) is 0 Å². The number of benzene rings is 1. The molecule has 0 radical (unpaired) electrons. The van der Waals surface area contributed by atoms with Crippen LogP contribution in [0.4, 0.5) is 30.7 Å². The predicted molar refractivity (Wildman–Crippen MR) is 113 cm³/mol. The second-order valence-electron chi connectivity index (χ2n) is 7.54. The lowest BCUT2D eigenvalue weighted by Crippen LogP contribution is -2.33. The summed E-state index contributed by atoms with van der Waals surface area (Å²) in [7, 11) is 0. The minimum Gasteiger partial charge on any atom is -0.448 e. The Labute approximate surface area is 206 Å². The molecule has 0 aliphatic rings. The first-order valence-electron chi connectivity index (χ1n) is 9.88. The molecule has 0 spiro atoms. The van der Waals surface area contributed by atoms with Crippen LogP contribution in [0, 0.1) is 25.2 Å². The predicted octanol–water partition coefficient (Wildman–Crippen LogP) is 4.68. The summed E-state index contributed by atoms with van der Waals surface area (Å²) in [6.45, 7) is 2.23. The summed E-state index contributed by atoms with van der Waals surface area (Å²) in [4.78, 5) is 34.9. The zero-order valence-electron chi connectivity index (χ0n) is 18.6. The minimum atomic E-state index is -5.08. The lowest BCUT2D eigenvalue weighted by atomic mass is 10.1. The largest absolute Gasteiger partial charge is 0.448 e. The molecule has 16 heteroatoms. The van der Waals surface area contributed by atoms with Gasteiger partial charge in [-0.15, -0.1) is 0 Å². The van der Waals surface area contributed by atoms with Gasteiger partial charge in [0.1, 0.15) is 22.7 Å². The molecule has 0 unspecified atom stereocenters. The summed E-state index contributed by atoms with van der Waals surface area (Å²) in [5.41, 5.74) is -6.45. The summed E-state index contributed by atoms with van der Waals surface area (Å²) in [6.07, 6.45) is -9.01. The standard InChI is InChI=1S/C21H13ClF7N5O3/c1-8-12(17(35)33-9(2)32-8)6-34-7-31-16(20(25,26)19(23)24)15(18(34)36)37-13-4-11(21(27,28)29)3-10(5-30)14(13)22/h3-4,7,19H,6H2,1-2H3,(H,32,33,35). The Morgan fingerprint density at radius 3 is 2.38 bits per heavy atom. The molecule has 0 fully saturated rings. The number of nitrogens with zero attached hydrogens (tertiary/aromatic N) is 4. The van der Waals surface area contributed by atoms with Crippen LogP contribution < -0.4 is 15.9 Å². The molecule has 2 aromatic heterocycles. The van der Waals surface area contributed by atoms with E-state index in [-0.39, 0.29) is 23.1 Å². The molecule has 1 aromatic carbocycles. The van der Waals surface area contributed by atoms with Crippen molar-refractivity contribution in [3.8, 4) is 17.6 Å². The number of hydrogen-bond donors (Lipinski definition) is 1. The van der Waals surface area contributed by atoms with E-state index in [9.17, 15) is 40.3 Å². The molecule has 3 rings (SSSR count). The Bertz CT molecular complexity index is 1530. The van der Waals surface area contributed by atoms with E-state index >= 15 is 0 Å². The summed E-state index contributed by atoms with van der Waals surface area (Å²) in [5.74, 6) is -7.55. The van der Waals surface area contributed by atoms with Crippen LogP contribution in [0.1, 0.15) is 33.9 Å². The SMILES string of the molecule is Cc1nc(C)c(Cn2cnc(C(F)(F)C(F)F)c(Oc3cc(C(F)(F)F)cc(C#N)c3Cl)c2=O)c(=O)[nH]1. The molecular weight excluding hydrogens is 539 g/mol. The van der Waals surface area contributed by atoms with Crippen LogP contribution in [0.15, 0.2) is 28.0 Å². The zero-order valence-corrected chi connectivity index (χ0v) is 19.3. The number of nitriles is 1. The molecule has 3 aromatic rings. The summed E-state index contributed by atoms with van der Waals surface area (Å²) >= 11 is 5.85. The molecule has 0 atom stereocenters.